The van der Waals surface area contributed by atoms with E-state index in [9.17, 15) is 9.59 Å². The Morgan fingerprint density at radius 1 is 1.38 bits per heavy atom. The van der Waals surface area contributed by atoms with Crippen LogP contribution in [0.25, 0.3) is 0 Å². The van der Waals surface area contributed by atoms with Crippen molar-refractivity contribution in [1.29, 1.82) is 0 Å². The number of carbonyl (C=O) groups excluding carboxylic acids is 2. The molecule has 1 fully saturated rings. The van der Waals surface area contributed by atoms with E-state index in [0.717, 1.165) is 12.0 Å². The predicted octanol–water partition coefficient (Wildman–Crippen LogP) is 3.27. The van der Waals surface area contributed by atoms with Gasteiger partial charge in [0.25, 0.3) is 5.91 Å². The van der Waals surface area contributed by atoms with Crippen LogP contribution in [0.15, 0.2) is 41.9 Å². The van der Waals surface area contributed by atoms with Gasteiger partial charge in [0, 0.05) is 18.1 Å². The van der Waals surface area contributed by atoms with Crippen LogP contribution >= 0.6 is 11.3 Å². The highest BCUT2D eigenvalue weighted by molar-refractivity contribution is 7.13. The van der Waals surface area contributed by atoms with Gasteiger partial charge < -0.3 is 4.74 Å². The van der Waals surface area contributed by atoms with Crippen molar-refractivity contribution in [3.63, 3.8) is 0 Å². The van der Waals surface area contributed by atoms with Gasteiger partial charge in [-0.25, -0.2) is 9.78 Å². The molecule has 1 saturated heterocycles. The molecule has 2 aromatic rings. The molecule has 24 heavy (non-hydrogen) atoms. The quantitative estimate of drug-likeness (QED) is 0.923. The Hall–Kier alpha value is -2.41. The lowest BCUT2D eigenvalue weighted by molar-refractivity contribution is -0.125. The molecular formula is C17H19N3O3S. The van der Waals surface area contributed by atoms with Crippen LogP contribution in [-0.4, -0.2) is 34.0 Å². The lowest BCUT2D eigenvalue weighted by Crippen LogP contribution is -2.53. The second-order valence-electron chi connectivity index (χ2n) is 5.86. The summed E-state index contributed by atoms with van der Waals surface area (Å²) in [5.74, 6) is -0.230. The highest BCUT2D eigenvalue weighted by Gasteiger charge is 2.46. The maximum atomic E-state index is 12.6. The molecule has 3 rings (SSSR count). The molecule has 1 aliphatic heterocycles. The van der Waals surface area contributed by atoms with Gasteiger partial charge in [-0.05, 0) is 25.3 Å². The van der Waals surface area contributed by atoms with Gasteiger partial charge in [-0.1, -0.05) is 30.3 Å². The summed E-state index contributed by atoms with van der Waals surface area (Å²) >= 11 is 1.35. The van der Waals surface area contributed by atoms with Crippen molar-refractivity contribution < 1.29 is 14.3 Å². The maximum absolute atomic E-state index is 12.6. The number of nitrogens with one attached hydrogen (secondary N) is 1. The molecule has 2 amide bonds. The number of hydrogen-bond acceptors (Lipinski definition) is 5. The summed E-state index contributed by atoms with van der Waals surface area (Å²) in [6.07, 6.45) is 2.53. The first-order valence-corrected chi connectivity index (χ1v) is 8.67. The maximum Gasteiger partial charge on any atom is 0.410 e. The minimum atomic E-state index is -0.917. The van der Waals surface area contributed by atoms with Crippen molar-refractivity contribution in [3.8, 4) is 0 Å². The first kappa shape index (κ1) is 16.4. The van der Waals surface area contributed by atoms with Gasteiger partial charge in [0.15, 0.2) is 5.13 Å². The molecule has 0 bridgehead atoms. The summed E-state index contributed by atoms with van der Waals surface area (Å²) in [5, 5.41) is 5.11. The molecule has 1 atom stereocenters. The second-order valence-corrected chi connectivity index (χ2v) is 6.76. The number of carbonyl (C=O) groups is 2. The molecular weight excluding hydrogens is 326 g/mol. The van der Waals surface area contributed by atoms with Gasteiger partial charge >= 0.3 is 6.09 Å². The topological polar surface area (TPSA) is 71.5 Å². The number of nitrogens with zero attached hydrogens (tertiary/aromatic N) is 2. The van der Waals surface area contributed by atoms with E-state index < -0.39 is 11.6 Å². The number of anilines is 1. The zero-order chi connectivity index (χ0) is 17.0. The van der Waals surface area contributed by atoms with E-state index in [1.54, 1.807) is 18.5 Å². The number of aromatic nitrogens is 1. The predicted molar refractivity (Wildman–Crippen MR) is 91.7 cm³/mol. The van der Waals surface area contributed by atoms with Gasteiger partial charge in [-0.3, -0.25) is 15.0 Å². The van der Waals surface area contributed by atoms with Crippen LogP contribution in [0.5, 0.6) is 0 Å². The number of benzene rings is 1. The number of rotatable bonds is 4. The Kier molecular flexibility index (Phi) is 4.80. The van der Waals surface area contributed by atoms with Crippen molar-refractivity contribution in [2.24, 2.45) is 0 Å². The Balaban J connectivity index is 1.65. The van der Waals surface area contributed by atoms with Crippen LogP contribution in [0.4, 0.5) is 9.93 Å². The van der Waals surface area contributed by atoms with E-state index in [2.05, 4.69) is 10.3 Å². The fraction of sp³-hybridized carbons (Fsp3) is 0.353. The summed E-state index contributed by atoms with van der Waals surface area (Å²) in [5.41, 5.74) is -0.00149. The van der Waals surface area contributed by atoms with Gasteiger partial charge in [0.2, 0.25) is 0 Å². The molecule has 1 unspecified atom stereocenters. The van der Waals surface area contributed by atoms with E-state index in [0.29, 0.717) is 18.1 Å². The molecule has 6 nitrogen and oxygen atoms in total. The SMILES string of the molecule is CC1(C(=O)Nc2nccs2)CCCN1C(=O)OCc1ccccc1. The summed E-state index contributed by atoms with van der Waals surface area (Å²) in [6.45, 7) is 2.47. The van der Waals surface area contributed by atoms with Crippen LogP contribution in [0, 0.1) is 0 Å². The molecule has 0 aliphatic carbocycles. The summed E-state index contributed by atoms with van der Waals surface area (Å²) in [6, 6.07) is 9.48. The Morgan fingerprint density at radius 2 is 2.17 bits per heavy atom. The molecule has 7 heteroatoms. The molecule has 1 aliphatic rings. The lowest BCUT2D eigenvalue weighted by Gasteiger charge is -2.32. The average molecular weight is 345 g/mol. The highest BCUT2D eigenvalue weighted by Crippen LogP contribution is 2.31. The number of amides is 2. The lowest BCUT2D eigenvalue weighted by atomic mass is 9.98. The minimum Gasteiger partial charge on any atom is -0.445 e. The van der Waals surface area contributed by atoms with Crippen LogP contribution in [0.3, 0.4) is 0 Å². The standard InChI is InChI=1S/C17H19N3O3S/c1-17(14(21)19-15-18-9-11-24-15)8-5-10-20(17)16(22)23-12-13-6-3-2-4-7-13/h2-4,6-7,9,11H,5,8,10,12H2,1H3,(H,18,19,21). The van der Waals surface area contributed by atoms with E-state index in [1.807, 2.05) is 30.3 Å². The van der Waals surface area contributed by atoms with E-state index >= 15 is 0 Å². The molecule has 2 heterocycles. The summed E-state index contributed by atoms with van der Waals surface area (Å²) in [4.78, 5) is 30.7. The monoisotopic (exact) mass is 345 g/mol. The van der Waals surface area contributed by atoms with E-state index in [1.165, 1.54) is 16.2 Å². The van der Waals surface area contributed by atoms with Gasteiger partial charge in [0.05, 0.1) is 0 Å². The Labute approximate surface area is 144 Å². The Morgan fingerprint density at radius 3 is 2.88 bits per heavy atom. The molecule has 1 aromatic carbocycles. The number of likely N-dealkylation sites (tertiary alicyclic amines) is 1. The van der Waals surface area contributed by atoms with E-state index in [4.69, 9.17) is 4.74 Å². The van der Waals surface area contributed by atoms with Crippen LogP contribution in [-0.2, 0) is 16.1 Å². The first-order chi connectivity index (χ1) is 11.6. The smallest absolute Gasteiger partial charge is 0.410 e. The largest absolute Gasteiger partial charge is 0.445 e. The van der Waals surface area contributed by atoms with Gasteiger partial charge in [0.1, 0.15) is 12.1 Å². The third kappa shape index (κ3) is 3.41. The minimum absolute atomic E-state index is 0.195. The van der Waals surface area contributed by atoms with Crippen LogP contribution < -0.4 is 5.32 Å². The van der Waals surface area contributed by atoms with Gasteiger partial charge in [-0.15, -0.1) is 11.3 Å². The molecule has 1 aromatic heterocycles. The van der Waals surface area contributed by atoms with Gasteiger partial charge in [-0.2, -0.15) is 0 Å². The number of ether oxygens (including phenoxy) is 1. The molecule has 0 spiro atoms. The van der Waals surface area contributed by atoms with Crippen molar-refractivity contribution in [2.45, 2.75) is 31.9 Å². The van der Waals surface area contributed by atoms with Crippen LogP contribution in [0.1, 0.15) is 25.3 Å². The summed E-state index contributed by atoms with van der Waals surface area (Å²) < 4.78 is 5.39. The number of thiazole rings is 1. The van der Waals surface area contributed by atoms with Crippen molar-refractivity contribution in [1.82, 2.24) is 9.88 Å². The average Bonchev–Trinajstić information content (AvgIpc) is 3.24. The normalized spacial score (nSPS) is 20.0. The van der Waals surface area contributed by atoms with Crippen molar-refractivity contribution in [3.05, 3.63) is 47.5 Å². The molecule has 1 N–H and O–H groups in total. The van der Waals surface area contributed by atoms with E-state index in [-0.39, 0.29) is 12.5 Å². The Bertz CT molecular complexity index is 705. The third-order valence-corrected chi connectivity index (χ3v) is 4.90. The first-order valence-electron chi connectivity index (χ1n) is 7.79. The number of hydrogen-bond donors (Lipinski definition) is 1. The fourth-order valence-electron chi connectivity index (χ4n) is 2.81. The fourth-order valence-corrected chi connectivity index (χ4v) is 3.33. The molecule has 0 radical (unpaired) electrons. The molecule has 0 saturated carbocycles. The second kappa shape index (κ2) is 7.00. The zero-order valence-corrected chi connectivity index (χ0v) is 14.2. The summed E-state index contributed by atoms with van der Waals surface area (Å²) in [7, 11) is 0. The zero-order valence-electron chi connectivity index (χ0n) is 13.4. The highest BCUT2D eigenvalue weighted by atomic mass is 32.1. The van der Waals surface area contributed by atoms with Crippen LogP contribution in [0.2, 0.25) is 0 Å². The van der Waals surface area contributed by atoms with Crippen molar-refractivity contribution >= 4 is 28.5 Å². The molecule has 126 valence electrons. The van der Waals surface area contributed by atoms with Crippen molar-refractivity contribution in [2.75, 3.05) is 11.9 Å². The third-order valence-electron chi connectivity index (χ3n) is 4.21.